The molecule has 0 radical (unpaired) electrons. The molecule has 4 unspecified atom stereocenters. The molecule has 2 aliphatic rings. The molecule has 0 saturated carbocycles. The first-order valence-electron chi connectivity index (χ1n) is 7.41. The molecule has 18 heavy (non-hydrogen) atoms. The van der Waals surface area contributed by atoms with Crippen LogP contribution in [0.15, 0.2) is 0 Å². The molecule has 2 heterocycles. The van der Waals surface area contributed by atoms with Crippen LogP contribution in [0.1, 0.15) is 26.7 Å². The van der Waals surface area contributed by atoms with E-state index in [-0.39, 0.29) is 0 Å². The van der Waals surface area contributed by atoms with Crippen LogP contribution in [0.25, 0.3) is 0 Å². The Hall–Kier alpha value is -0.160. The Morgan fingerprint density at radius 3 is 3.00 bits per heavy atom. The number of piperidine rings is 1. The predicted molar refractivity (Wildman–Crippen MR) is 74.9 cm³/mol. The van der Waals surface area contributed by atoms with E-state index in [2.05, 4.69) is 36.4 Å². The second-order valence-electron chi connectivity index (χ2n) is 6.16. The van der Waals surface area contributed by atoms with Crippen molar-refractivity contribution in [1.82, 2.24) is 15.5 Å². The van der Waals surface area contributed by atoms with Crippen molar-refractivity contribution in [3.05, 3.63) is 0 Å². The number of ether oxygens (including phenoxy) is 1. The van der Waals surface area contributed by atoms with Crippen LogP contribution >= 0.6 is 0 Å². The van der Waals surface area contributed by atoms with E-state index >= 15 is 0 Å². The smallest absolute Gasteiger partial charge is 0.0620 e. The fraction of sp³-hybridized carbons (Fsp3) is 1.00. The molecule has 0 aromatic rings. The van der Waals surface area contributed by atoms with Crippen LogP contribution < -0.4 is 10.6 Å². The zero-order valence-corrected chi connectivity index (χ0v) is 12.1. The summed E-state index contributed by atoms with van der Waals surface area (Å²) in [4.78, 5) is 2.43. The summed E-state index contributed by atoms with van der Waals surface area (Å²) < 4.78 is 5.51. The van der Waals surface area contributed by atoms with Crippen molar-refractivity contribution < 1.29 is 4.74 Å². The van der Waals surface area contributed by atoms with Crippen molar-refractivity contribution in [2.24, 2.45) is 5.92 Å². The summed E-state index contributed by atoms with van der Waals surface area (Å²) in [6.07, 6.45) is 2.44. The van der Waals surface area contributed by atoms with Gasteiger partial charge in [-0.2, -0.15) is 0 Å². The molecule has 2 rings (SSSR count). The quantitative estimate of drug-likeness (QED) is 0.775. The third-order valence-corrected chi connectivity index (χ3v) is 4.24. The minimum Gasteiger partial charge on any atom is -0.379 e. The Balaban J connectivity index is 1.71. The lowest BCUT2D eigenvalue weighted by atomic mass is 9.93. The zero-order valence-electron chi connectivity index (χ0n) is 12.1. The Kier molecular flexibility index (Phi) is 5.42. The lowest BCUT2D eigenvalue weighted by Crippen LogP contribution is -2.51. The number of hydrogen-bond donors (Lipinski definition) is 2. The van der Waals surface area contributed by atoms with Crippen LogP contribution in [0, 0.1) is 5.92 Å². The van der Waals surface area contributed by atoms with Crippen molar-refractivity contribution in [3.8, 4) is 0 Å². The SMILES string of the molecule is CC(CC1COCCN1)NC1CCN(C)CC1C. The van der Waals surface area contributed by atoms with Gasteiger partial charge in [0, 0.05) is 31.2 Å². The summed E-state index contributed by atoms with van der Waals surface area (Å²) in [5.41, 5.74) is 0. The molecule has 4 nitrogen and oxygen atoms in total. The topological polar surface area (TPSA) is 36.5 Å². The van der Waals surface area contributed by atoms with Gasteiger partial charge in [0.1, 0.15) is 0 Å². The average Bonchev–Trinajstić information content (AvgIpc) is 2.34. The Morgan fingerprint density at radius 2 is 2.33 bits per heavy atom. The van der Waals surface area contributed by atoms with Crippen LogP contribution in [0.2, 0.25) is 0 Å². The molecule has 4 heteroatoms. The molecule has 0 aromatic heterocycles. The molecule has 4 atom stereocenters. The van der Waals surface area contributed by atoms with Crippen LogP contribution in [0.5, 0.6) is 0 Å². The zero-order chi connectivity index (χ0) is 13.0. The number of likely N-dealkylation sites (tertiary alicyclic amines) is 1. The van der Waals surface area contributed by atoms with Crippen molar-refractivity contribution in [3.63, 3.8) is 0 Å². The Labute approximate surface area is 111 Å². The molecule has 2 aliphatic heterocycles. The van der Waals surface area contributed by atoms with Crippen LogP contribution in [-0.2, 0) is 4.74 Å². The average molecular weight is 255 g/mol. The fourth-order valence-corrected chi connectivity index (χ4v) is 3.23. The molecule has 0 bridgehead atoms. The maximum Gasteiger partial charge on any atom is 0.0620 e. The van der Waals surface area contributed by atoms with Gasteiger partial charge in [-0.05, 0) is 39.3 Å². The molecule has 2 saturated heterocycles. The molecule has 2 N–H and O–H groups in total. The van der Waals surface area contributed by atoms with Gasteiger partial charge in [0.2, 0.25) is 0 Å². The van der Waals surface area contributed by atoms with Crippen molar-refractivity contribution in [2.75, 3.05) is 39.9 Å². The summed E-state index contributed by atoms with van der Waals surface area (Å²) in [6.45, 7) is 9.85. The molecular weight excluding hydrogens is 226 g/mol. The number of nitrogens with zero attached hydrogens (tertiary/aromatic N) is 1. The van der Waals surface area contributed by atoms with Gasteiger partial charge in [-0.15, -0.1) is 0 Å². The first kappa shape index (κ1) is 14.3. The highest BCUT2D eigenvalue weighted by atomic mass is 16.5. The maximum absolute atomic E-state index is 5.51. The van der Waals surface area contributed by atoms with E-state index in [1.807, 2.05) is 0 Å². The lowest BCUT2D eigenvalue weighted by Gasteiger charge is -2.37. The van der Waals surface area contributed by atoms with E-state index in [1.165, 1.54) is 25.9 Å². The second-order valence-corrected chi connectivity index (χ2v) is 6.16. The van der Waals surface area contributed by atoms with E-state index in [4.69, 9.17) is 4.74 Å². The Morgan fingerprint density at radius 1 is 1.50 bits per heavy atom. The summed E-state index contributed by atoms with van der Waals surface area (Å²) in [7, 11) is 2.22. The van der Waals surface area contributed by atoms with Crippen LogP contribution in [0.4, 0.5) is 0 Å². The Bertz CT molecular complexity index is 243. The minimum absolute atomic E-state index is 0.530. The van der Waals surface area contributed by atoms with Gasteiger partial charge in [-0.1, -0.05) is 6.92 Å². The van der Waals surface area contributed by atoms with Crippen molar-refractivity contribution in [1.29, 1.82) is 0 Å². The molecule has 0 spiro atoms. The summed E-state index contributed by atoms with van der Waals surface area (Å²) in [5, 5.41) is 7.35. The highest BCUT2D eigenvalue weighted by Gasteiger charge is 2.26. The standard InChI is InChI=1S/C14H29N3O/c1-11-9-17(3)6-4-14(11)16-12(2)8-13-10-18-7-5-15-13/h11-16H,4-10H2,1-3H3. The number of rotatable bonds is 4. The summed E-state index contributed by atoms with van der Waals surface area (Å²) in [5.74, 6) is 0.752. The maximum atomic E-state index is 5.51. The number of morpholine rings is 1. The lowest BCUT2D eigenvalue weighted by molar-refractivity contribution is 0.0692. The fourth-order valence-electron chi connectivity index (χ4n) is 3.23. The van der Waals surface area contributed by atoms with Gasteiger partial charge in [-0.25, -0.2) is 0 Å². The van der Waals surface area contributed by atoms with E-state index < -0.39 is 0 Å². The molecule has 0 amide bonds. The highest BCUT2D eigenvalue weighted by Crippen LogP contribution is 2.16. The first-order valence-corrected chi connectivity index (χ1v) is 7.41. The molecule has 2 fully saturated rings. The van der Waals surface area contributed by atoms with Crippen LogP contribution in [-0.4, -0.2) is 62.9 Å². The van der Waals surface area contributed by atoms with Gasteiger partial charge < -0.3 is 20.3 Å². The number of hydrogen-bond acceptors (Lipinski definition) is 4. The second kappa shape index (κ2) is 6.85. The van der Waals surface area contributed by atoms with E-state index in [0.29, 0.717) is 18.1 Å². The normalized spacial score (nSPS) is 36.5. The molecule has 0 aliphatic carbocycles. The van der Waals surface area contributed by atoms with Crippen LogP contribution in [0.3, 0.4) is 0 Å². The largest absolute Gasteiger partial charge is 0.379 e. The molecule has 106 valence electrons. The third-order valence-electron chi connectivity index (χ3n) is 4.24. The number of nitrogens with one attached hydrogen (secondary N) is 2. The summed E-state index contributed by atoms with van der Waals surface area (Å²) in [6, 6.07) is 1.78. The van der Waals surface area contributed by atoms with Gasteiger partial charge >= 0.3 is 0 Å². The monoisotopic (exact) mass is 255 g/mol. The molecular formula is C14H29N3O. The van der Waals surface area contributed by atoms with Gasteiger partial charge in [0.05, 0.1) is 13.2 Å². The van der Waals surface area contributed by atoms with E-state index in [9.17, 15) is 0 Å². The van der Waals surface area contributed by atoms with Gasteiger partial charge in [-0.3, -0.25) is 0 Å². The van der Waals surface area contributed by atoms with E-state index in [0.717, 1.165) is 25.7 Å². The van der Waals surface area contributed by atoms with E-state index in [1.54, 1.807) is 0 Å². The molecule has 0 aromatic carbocycles. The van der Waals surface area contributed by atoms with Gasteiger partial charge in [0.25, 0.3) is 0 Å². The van der Waals surface area contributed by atoms with Crippen molar-refractivity contribution >= 4 is 0 Å². The minimum atomic E-state index is 0.530. The highest BCUT2D eigenvalue weighted by molar-refractivity contribution is 4.85. The predicted octanol–water partition coefficient (Wildman–Crippen LogP) is 0.683. The van der Waals surface area contributed by atoms with Crippen molar-refractivity contribution in [2.45, 2.75) is 44.8 Å². The first-order chi connectivity index (χ1) is 8.65. The van der Waals surface area contributed by atoms with Gasteiger partial charge in [0.15, 0.2) is 0 Å². The summed E-state index contributed by atoms with van der Waals surface area (Å²) >= 11 is 0. The third kappa shape index (κ3) is 4.19.